The molecule has 0 aliphatic carbocycles. The third-order valence-corrected chi connectivity index (χ3v) is 4.92. The van der Waals surface area contributed by atoms with Crippen molar-refractivity contribution < 1.29 is 38.2 Å². The van der Waals surface area contributed by atoms with Crippen LogP contribution in [0.3, 0.4) is 0 Å². The predicted molar refractivity (Wildman–Crippen MR) is 113 cm³/mol. The van der Waals surface area contributed by atoms with Crippen molar-refractivity contribution in [2.45, 2.75) is 38.5 Å². The lowest BCUT2D eigenvalue weighted by Gasteiger charge is -2.30. The molecule has 1 aliphatic rings. The van der Waals surface area contributed by atoms with Crippen molar-refractivity contribution in [2.24, 2.45) is 0 Å². The van der Waals surface area contributed by atoms with Crippen molar-refractivity contribution in [3.8, 4) is 0 Å². The normalized spacial score (nSPS) is 14.8. The summed E-state index contributed by atoms with van der Waals surface area (Å²) in [5, 5.41) is 20.7. The standard InChI is InChI=1S/C18H23FN2O3.C4H4O4/c1-2-3-10-23-17(22)12-21-8-6-13(7-9-21)18-15-5-4-14(19)11-16(15)24-20-18;5-3(6)1-2-4(7)8/h4-5,11,13H,2-3,6-10,12H2,1H3;1-2H,(H,5,6)(H,7,8)/b;2-1+. The molecule has 3 rings (SSSR count). The van der Waals surface area contributed by atoms with Crippen molar-refractivity contribution in [1.82, 2.24) is 10.1 Å². The van der Waals surface area contributed by atoms with Crippen LogP contribution in [0.4, 0.5) is 4.39 Å². The van der Waals surface area contributed by atoms with Gasteiger partial charge in [0.15, 0.2) is 5.58 Å². The van der Waals surface area contributed by atoms with Gasteiger partial charge < -0.3 is 19.5 Å². The number of rotatable bonds is 8. The van der Waals surface area contributed by atoms with Crippen LogP contribution < -0.4 is 0 Å². The summed E-state index contributed by atoms with van der Waals surface area (Å²) in [5.41, 5.74) is 1.39. The van der Waals surface area contributed by atoms with Gasteiger partial charge >= 0.3 is 17.9 Å². The second-order valence-corrected chi connectivity index (χ2v) is 7.34. The zero-order valence-electron chi connectivity index (χ0n) is 17.8. The summed E-state index contributed by atoms with van der Waals surface area (Å²) in [6.45, 7) is 4.57. The molecular formula is C22H27FN2O7. The van der Waals surface area contributed by atoms with E-state index in [1.165, 1.54) is 12.1 Å². The van der Waals surface area contributed by atoms with Crippen molar-refractivity contribution in [2.75, 3.05) is 26.2 Å². The average molecular weight is 450 g/mol. The molecule has 2 heterocycles. The van der Waals surface area contributed by atoms with Crippen LogP contribution in [-0.2, 0) is 19.1 Å². The molecule has 0 saturated carbocycles. The Morgan fingerprint density at radius 3 is 2.47 bits per heavy atom. The van der Waals surface area contributed by atoms with E-state index in [-0.39, 0.29) is 17.7 Å². The quantitative estimate of drug-likeness (QED) is 0.354. The lowest BCUT2D eigenvalue weighted by atomic mass is 9.91. The second-order valence-electron chi connectivity index (χ2n) is 7.34. The number of aliphatic carboxylic acids is 2. The lowest BCUT2D eigenvalue weighted by Crippen LogP contribution is -2.37. The number of hydrogen-bond acceptors (Lipinski definition) is 7. The predicted octanol–water partition coefficient (Wildman–Crippen LogP) is 3.20. The van der Waals surface area contributed by atoms with Crippen LogP contribution in [0, 0.1) is 5.82 Å². The van der Waals surface area contributed by atoms with Crippen LogP contribution >= 0.6 is 0 Å². The number of likely N-dealkylation sites (tertiary alicyclic amines) is 1. The monoisotopic (exact) mass is 450 g/mol. The number of carboxylic acid groups (broad SMARTS) is 2. The number of benzene rings is 1. The van der Waals surface area contributed by atoms with Gasteiger partial charge in [-0.05, 0) is 44.5 Å². The first kappa shape index (κ1) is 25.0. The molecule has 1 aliphatic heterocycles. The summed E-state index contributed by atoms with van der Waals surface area (Å²) in [6.07, 6.45) is 4.86. The van der Waals surface area contributed by atoms with Crippen LogP contribution in [0.2, 0.25) is 0 Å². The average Bonchev–Trinajstić information content (AvgIpc) is 3.16. The highest BCUT2D eigenvalue weighted by Gasteiger charge is 2.26. The van der Waals surface area contributed by atoms with E-state index in [4.69, 9.17) is 19.5 Å². The maximum Gasteiger partial charge on any atom is 0.328 e. The van der Waals surface area contributed by atoms with Crippen LogP contribution in [0.1, 0.15) is 44.2 Å². The lowest BCUT2D eigenvalue weighted by molar-refractivity contribution is -0.145. The summed E-state index contributed by atoms with van der Waals surface area (Å²) in [6, 6.07) is 4.53. The van der Waals surface area contributed by atoms with E-state index < -0.39 is 11.9 Å². The summed E-state index contributed by atoms with van der Waals surface area (Å²) in [7, 11) is 0. The van der Waals surface area contributed by atoms with Crippen molar-refractivity contribution >= 4 is 28.9 Å². The minimum Gasteiger partial charge on any atom is -0.478 e. The Kier molecular flexibility index (Phi) is 9.80. The highest BCUT2D eigenvalue weighted by molar-refractivity contribution is 5.89. The Balaban J connectivity index is 0.000000390. The number of ether oxygens (including phenoxy) is 1. The molecule has 0 atom stereocenters. The van der Waals surface area contributed by atoms with Crippen LogP contribution in [0.5, 0.6) is 0 Å². The Bertz CT molecular complexity index is 933. The molecule has 0 amide bonds. The van der Waals surface area contributed by atoms with E-state index in [9.17, 15) is 18.8 Å². The molecule has 2 N–H and O–H groups in total. The molecule has 0 unspecified atom stereocenters. The number of esters is 1. The van der Waals surface area contributed by atoms with Gasteiger partial charge in [-0.15, -0.1) is 0 Å². The molecule has 1 fully saturated rings. The third-order valence-electron chi connectivity index (χ3n) is 4.92. The van der Waals surface area contributed by atoms with Gasteiger partial charge in [-0.2, -0.15) is 0 Å². The molecular weight excluding hydrogens is 423 g/mol. The van der Waals surface area contributed by atoms with Crippen LogP contribution in [-0.4, -0.2) is 64.4 Å². The molecule has 0 spiro atoms. The van der Waals surface area contributed by atoms with Crippen LogP contribution in [0.25, 0.3) is 11.0 Å². The van der Waals surface area contributed by atoms with Gasteiger partial charge in [0.1, 0.15) is 5.82 Å². The van der Waals surface area contributed by atoms with Gasteiger partial charge in [0.2, 0.25) is 0 Å². The molecule has 0 radical (unpaired) electrons. The van der Waals surface area contributed by atoms with Crippen molar-refractivity contribution in [1.29, 1.82) is 0 Å². The number of hydrogen-bond donors (Lipinski definition) is 2. The molecule has 32 heavy (non-hydrogen) atoms. The van der Waals surface area contributed by atoms with Gasteiger partial charge in [-0.25, -0.2) is 14.0 Å². The third kappa shape index (κ3) is 8.10. The topological polar surface area (TPSA) is 130 Å². The first-order valence-corrected chi connectivity index (χ1v) is 10.4. The zero-order chi connectivity index (χ0) is 23.5. The number of carbonyl (C=O) groups is 3. The van der Waals surface area contributed by atoms with Gasteiger partial charge in [-0.1, -0.05) is 18.5 Å². The molecule has 0 bridgehead atoms. The minimum atomic E-state index is -1.26. The maximum absolute atomic E-state index is 13.2. The highest BCUT2D eigenvalue weighted by Crippen LogP contribution is 2.32. The molecule has 1 aromatic heterocycles. The van der Waals surface area contributed by atoms with Gasteiger partial charge in [0.25, 0.3) is 0 Å². The molecule has 174 valence electrons. The largest absolute Gasteiger partial charge is 0.478 e. The molecule has 1 aromatic carbocycles. The summed E-state index contributed by atoms with van der Waals surface area (Å²) in [5.74, 6) is -2.70. The van der Waals surface area contributed by atoms with Crippen LogP contribution in [0.15, 0.2) is 34.9 Å². The van der Waals surface area contributed by atoms with Crippen molar-refractivity contribution in [3.63, 3.8) is 0 Å². The fourth-order valence-corrected chi connectivity index (χ4v) is 3.29. The summed E-state index contributed by atoms with van der Waals surface area (Å²) < 4.78 is 23.7. The van der Waals surface area contributed by atoms with E-state index in [2.05, 4.69) is 17.0 Å². The fourth-order valence-electron chi connectivity index (χ4n) is 3.29. The van der Waals surface area contributed by atoms with E-state index in [1.807, 2.05) is 0 Å². The summed E-state index contributed by atoms with van der Waals surface area (Å²) >= 11 is 0. The van der Waals surface area contributed by atoms with E-state index in [0.717, 1.165) is 49.9 Å². The van der Waals surface area contributed by atoms with Crippen molar-refractivity contribution in [3.05, 3.63) is 41.9 Å². The molecule has 10 heteroatoms. The smallest absolute Gasteiger partial charge is 0.328 e. The first-order valence-electron chi connectivity index (χ1n) is 10.4. The number of unbranched alkanes of at least 4 members (excludes halogenated alkanes) is 1. The Morgan fingerprint density at radius 1 is 1.22 bits per heavy atom. The number of nitrogens with zero attached hydrogens (tertiary/aromatic N) is 2. The van der Waals surface area contributed by atoms with Gasteiger partial charge in [-0.3, -0.25) is 9.69 Å². The summed E-state index contributed by atoms with van der Waals surface area (Å²) in [4.78, 5) is 33.0. The van der Waals surface area contributed by atoms with E-state index in [1.54, 1.807) is 6.07 Å². The first-order chi connectivity index (χ1) is 15.3. The highest BCUT2D eigenvalue weighted by atomic mass is 19.1. The van der Waals surface area contributed by atoms with E-state index >= 15 is 0 Å². The molecule has 9 nitrogen and oxygen atoms in total. The maximum atomic E-state index is 13.2. The van der Waals surface area contributed by atoms with E-state index in [0.29, 0.717) is 30.9 Å². The molecule has 1 saturated heterocycles. The number of fused-ring (bicyclic) bond motifs is 1. The fraction of sp³-hybridized carbons (Fsp3) is 0.455. The molecule has 2 aromatic rings. The number of piperidine rings is 1. The number of halogens is 1. The Hall–Kier alpha value is -3.27. The SMILES string of the molecule is CCCCOC(=O)CN1CCC(c2noc3cc(F)ccc23)CC1.O=C(O)/C=C/C(=O)O. The number of carbonyl (C=O) groups excluding carboxylic acids is 1. The Morgan fingerprint density at radius 2 is 1.88 bits per heavy atom. The second kappa shape index (κ2) is 12.6. The number of aromatic nitrogens is 1. The minimum absolute atomic E-state index is 0.149. The van der Waals surface area contributed by atoms with Gasteiger partial charge in [0.05, 0.1) is 18.8 Å². The zero-order valence-corrected chi connectivity index (χ0v) is 17.8. The Labute approximate surface area is 184 Å². The number of carboxylic acids is 2. The van der Waals surface area contributed by atoms with Gasteiger partial charge in [0, 0.05) is 29.5 Å².